The number of carbonyl (C=O) groups excluding carboxylic acids is 2. The Bertz CT molecular complexity index is 816. The Morgan fingerprint density at radius 1 is 0.967 bits per heavy atom. The maximum atomic E-state index is 13.5. The molecule has 1 heterocycles. The van der Waals surface area contributed by atoms with Crippen molar-refractivity contribution in [3.05, 3.63) is 65.5 Å². The first-order valence-electron chi connectivity index (χ1n) is 10.6. The first-order valence-corrected chi connectivity index (χ1v) is 12.8. The number of aromatic nitrogens is 1. The number of nitrogens with zero attached hydrogens (tertiary/aromatic N) is 2. The van der Waals surface area contributed by atoms with Crippen molar-refractivity contribution in [2.45, 2.75) is 71.3 Å². The molecule has 1 amide bonds. The summed E-state index contributed by atoms with van der Waals surface area (Å²) in [6.07, 6.45) is 2.00. The van der Waals surface area contributed by atoms with E-state index < -0.39 is 8.32 Å². The molecule has 2 rings (SSSR count). The molecule has 0 atom stereocenters. The van der Waals surface area contributed by atoms with E-state index in [1.807, 2.05) is 36.4 Å². The van der Waals surface area contributed by atoms with Crippen LogP contribution in [0.1, 0.15) is 63.2 Å². The maximum absolute atomic E-state index is 13.5. The molecule has 0 radical (unpaired) electrons. The second-order valence-electron chi connectivity index (χ2n) is 8.69. The van der Waals surface area contributed by atoms with Crippen molar-refractivity contribution in [3.63, 3.8) is 0 Å². The number of hydrogen-bond donors (Lipinski definition) is 0. The minimum absolute atomic E-state index is 0.272. The number of aldehydes is 1. The van der Waals surface area contributed by atoms with Gasteiger partial charge in [-0.25, -0.2) is 4.79 Å². The summed E-state index contributed by atoms with van der Waals surface area (Å²) < 4.78 is 6.42. The second kappa shape index (κ2) is 10.5. The molecule has 0 saturated carbocycles. The Hall–Kier alpha value is -2.47. The first-order chi connectivity index (χ1) is 14.2. The number of pyridine rings is 1. The van der Waals surface area contributed by atoms with Crippen molar-refractivity contribution in [2.75, 3.05) is 0 Å². The molecular weight excluding hydrogens is 392 g/mol. The van der Waals surface area contributed by atoms with Crippen LogP contribution < -0.4 is 0 Å². The van der Waals surface area contributed by atoms with Gasteiger partial charge >= 0.3 is 6.09 Å². The topological polar surface area (TPSA) is 59.5 Å². The van der Waals surface area contributed by atoms with Gasteiger partial charge < -0.3 is 9.33 Å². The fourth-order valence-electron chi connectivity index (χ4n) is 4.45. The SMILES string of the molecule is CC(C)[Si](OC(=O)N(Cc1ccccc1)Cc1cccnc1C=O)(C(C)C)C(C)C. The van der Waals surface area contributed by atoms with Crippen molar-refractivity contribution >= 4 is 20.7 Å². The molecule has 5 nitrogen and oxygen atoms in total. The number of benzene rings is 1. The van der Waals surface area contributed by atoms with Gasteiger partial charge in [-0.05, 0) is 28.3 Å². The monoisotopic (exact) mass is 426 g/mol. The van der Waals surface area contributed by atoms with Crippen LogP contribution in [-0.4, -0.2) is 30.6 Å². The van der Waals surface area contributed by atoms with E-state index in [1.165, 1.54) is 0 Å². The Morgan fingerprint density at radius 3 is 2.10 bits per heavy atom. The smallest absolute Gasteiger partial charge is 0.396 e. The third-order valence-electron chi connectivity index (χ3n) is 5.84. The molecule has 6 heteroatoms. The molecule has 0 bridgehead atoms. The van der Waals surface area contributed by atoms with Gasteiger partial charge in [-0.15, -0.1) is 0 Å². The fraction of sp³-hybridized carbons (Fsp3) is 0.458. The van der Waals surface area contributed by atoms with Crippen LogP contribution in [0.5, 0.6) is 0 Å². The standard InChI is InChI=1S/C24H34N2O3Si/c1-18(2)30(19(3)4,20(5)6)29-24(28)26(15-21-11-8-7-9-12-21)16-22-13-10-14-25-23(22)17-27/h7-14,17-20H,15-16H2,1-6H3. The molecule has 0 aliphatic rings. The lowest BCUT2D eigenvalue weighted by atomic mass is 10.1. The normalized spacial score (nSPS) is 11.8. The predicted octanol–water partition coefficient (Wildman–Crippen LogP) is 6.21. The Balaban J connectivity index is 2.39. The van der Waals surface area contributed by atoms with Crippen molar-refractivity contribution in [1.29, 1.82) is 0 Å². The summed E-state index contributed by atoms with van der Waals surface area (Å²) in [4.78, 5) is 30.8. The Morgan fingerprint density at radius 2 is 1.57 bits per heavy atom. The van der Waals surface area contributed by atoms with Crippen LogP contribution in [0.3, 0.4) is 0 Å². The van der Waals surface area contributed by atoms with Gasteiger partial charge in [0.1, 0.15) is 5.69 Å². The van der Waals surface area contributed by atoms with Crippen molar-refractivity contribution in [3.8, 4) is 0 Å². The minimum Gasteiger partial charge on any atom is -0.503 e. The van der Waals surface area contributed by atoms with Crippen LogP contribution in [0, 0.1) is 0 Å². The molecule has 0 N–H and O–H groups in total. The summed E-state index contributed by atoms with van der Waals surface area (Å²) in [6.45, 7) is 13.6. The summed E-state index contributed by atoms with van der Waals surface area (Å²) in [5.41, 5.74) is 2.96. The average molecular weight is 427 g/mol. The van der Waals surface area contributed by atoms with E-state index in [2.05, 4.69) is 46.5 Å². The van der Waals surface area contributed by atoms with E-state index in [4.69, 9.17) is 4.43 Å². The van der Waals surface area contributed by atoms with Gasteiger partial charge in [-0.3, -0.25) is 9.78 Å². The molecule has 0 aliphatic heterocycles. The highest BCUT2D eigenvalue weighted by molar-refractivity contribution is 6.78. The lowest BCUT2D eigenvalue weighted by Gasteiger charge is -2.42. The summed E-state index contributed by atoms with van der Waals surface area (Å²) >= 11 is 0. The van der Waals surface area contributed by atoms with E-state index in [0.29, 0.717) is 34.4 Å². The van der Waals surface area contributed by atoms with Gasteiger partial charge in [-0.1, -0.05) is 77.9 Å². The third kappa shape index (κ3) is 5.36. The minimum atomic E-state index is -2.39. The number of amides is 1. The molecule has 1 aromatic heterocycles. The zero-order valence-electron chi connectivity index (χ0n) is 19.0. The van der Waals surface area contributed by atoms with Crippen molar-refractivity contribution in [2.24, 2.45) is 0 Å². The highest BCUT2D eigenvalue weighted by Gasteiger charge is 2.48. The average Bonchev–Trinajstić information content (AvgIpc) is 2.71. The summed E-state index contributed by atoms with van der Waals surface area (Å²) in [6, 6.07) is 13.4. The van der Waals surface area contributed by atoms with E-state index in [0.717, 1.165) is 11.8 Å². The van der Waals surface area contributed by atoms with Crippen molar-refractivity contribution < 1.29 is 14.0 Å². The quantitative estimate of drug-likeness (QED) is 0.353. The molecule has 0 unspecified atom stereocenters. The van der Waals surface area contributed by atoms with E-state index >= 15 is 0 Å². The Labute approximate surface area is 181 Å². The highest BCUT2D eigenvalue weighted by Crippen LogP contribution is 2.42. The van der Waals surface area contributed by atoms with Gasteiger partial charge in [0, 0.05) is 18.3 Å². The summed E-state index contributed by atoms with van der Waals surface area (Å²) in [5, 5.41) is 0. The second-order valence-corrected chi connectivity index (χ2v) is 14.1. The van der Waals surface area contributed by atoms with Gasteiger partial charge in [0.15, 0.2) is 6.29 Å². The molecule has 2 aromatic rings. The van der Waals surface area contributed by atoms with Gasteiger partial charge in [-0.2, -0.15) is 0 Å². The molecule has 0 saturated heterocycles. The van der Waals surface area contributed by atoms with Crippen LogP contribution in [0.25, 0.3) is 0 Å². The van der Waals surface area contributed by atoms with Crippen LogP contribution >= 0.6 is 0 Å². The molecule has 0 spiro atoms. The fourth-order valence-corrected chi connectivity index (χ4v) is 9.59. The molecular formula is C24H34N2O3Si. The molecule has 0 fully saturated rings. The van der Waals surface area contributed by atoms with Crippen LogP contribution in [-0.2, 0) is 17.5 Å². The van der Waals surface area contributed by atoms with Crippen LogP contribution in [0.4, 0.5) is 4.79 Å². The molecule has 0 aliphatic carbocycles. The maximum Gasteiger partial charge on any atom is 0.396 e. The van der Waals surface area contributed by atoms with E-state index in [-0.39, 0.29) is 12.6 Å². The number of hydrogen-bond acceptors (Lipinski definition) is 4. The van der Waals surface area contributed by atoms with Crippen LogP contribution in [0.15, 0.2) is 48.7 Å². The zero-order valence-corrected chi connectivity index (χ0v) is 20.0. The summed E-state index contributed by atoms with van der Waals surface area (Å²) in [7, 11) is -2.39. The first kappa shape index (κ1) is 23.8. The van der Waals surface area contributed by atoms with Crippen molar-refractivity contribution in [1.82, 2.24) is 9.88 Å². The third-order valence-corrected chi connectivity index (χ3v) is 11.8. The van der Waals surface area contributed by atoms with Gasteiger partial charge in [0.2, 0.25) is 0 Å². The largest absolute Gasteiger partial charge is 0.503 e. The number of rotatable bonds is 9. The number of carbonyl (C=O) groups is 2. The van der Waals surface area contributed by atoms with Crippen LogP contribution in [0.2, 0.25) is 16.6 Å². The zero-order chi connectivity index (χ0) is 22.3. The van der Waals surface area contributed by atoms with E-state index in [9.17, 15) is 9.59 Å². The molecule has 162 valence electrons. The van der Waals surface area contributed by atoms with Gasteiger partial charge in [0.05, 0.1) is 6.54 Å². The highest BCUT2D eigenvalue weighted by atomic mass is 28.4. The van der Waals surface area contributed by atoms with Gasteiger partial charge in [0.25, 0.3) is 8.32 Å². The van der Waals surface area contributed by atoms with E-state index in [1.54, 1.807) is 17.2 Å². The lowest BCUT2D eigenvalue weighted by molar-refractivity contribution is 0.111. The Kier molecular flexibility index (Phi) is 8.35. The molecule has 1 aromatic carbocycles. The lowest BCUT2D eigenvalue weighted by Crippen LogP contribution is -2.51. The summed E-state index contributed by atoms with van der Waals surface area (Å²) in [5.74, 6) is 0. The molecule has 30 heavy (non-hydrogen) atoms. The predicted molar refractivity (Wildman–Crippen MR) is 123 cm³/mol.